The zero-order chi connectivity index (χ0) is 12.8. The van der Waals surface area contributed by atoms with E-state index in [1.54, 1.807) is 24.3 Å². The summed E-state index contributed by atoms with van der Waals surface area (Å²) >= 11 is 0. The first-order valence-electron chi connectivity index (χ1n) is 5.34. The second-order valence-electron chi connectivity index (χ2n) is 3.57. The SMILES string of the molecule is O=C(O)c1ccc(/C=N/Oc2ccccc2)cc1. The second-order valence-corrected chi connectivity index (χ2v) is 3.57. The maximum absolute atomic E-state index is 10.7. The standard InChI is InChI=1S/C14H11NO3/c16-14(17)12-8-6-11(7-9-12)10-15-18-13-4-2-1-3-5-13/h1-10H,(H,16,17)/b15-10+. The average Bonchev–Trinajstić information content (AvgIpc) is 2.40. The van der Waals surface area contributed by atoms with E-state index in [9.17, 15) is 4.79 Å². The number of carbonyl (C=O) groups is 1. The molecule has 0 aliphatic rings. The van der Waals surface area contributed by atoms with E-state index < -0.39 is 5.97 Å². The maximum atomic E-state index is 10.7. The van der Waals surface area contributed by atoms with Crippen molar-refractivity contribution in [3.8, 4) is 5.75 Å². The van der Waals surface area contributed by atoms with Gasteiger partial charge in [-0.25, -0.2) is 4.79 Å². The molecule has 0 radical (unpaired) electrons. The molecule has 4 heteroatoms. The third-order valence-electron chi connectivity index (χ3n) is 2.26. The first-order valence-corrected chi connectivity index (χ1v) is 5.34. The molecule has 2 rings (SSSR count). The van der Waals surface area contributed by atoms with Gasteiger partial charge in [-0.2, -0.15) is 0 Å². The molecule has 18 heavy (non-hydrogen) atoms. The number of carboxylic acids is 1. The summed E-state index contributed by atoms with van der Waals surface area (Å²) in [6.45, 7) is 0. The van der Waals surface area contributed by atoms with E-state index in [2.05, 4.69) is 5.16 Å². The Morgan fingerprint density at radius 1 is 1.06 bits per heavy atom. The molecule has 90 valence electrons. The monoisotopic (exact) mass is 241 g/mol. The summed E-state index contributed by atoms with van der Waals surface area (Å²) in [7, 11) is 0. The van der Waals surface area contributed by atoms with Crippen molar-refractivity contribution in [1.82, 2.24) is 0 Å². The fraction of sp³-hybridized carbons (Fsp3) is 0. The lowest BCUT2D eigenvalue weighted by Crippen LogP contribution is -1.95. The van der Waals surface area contributed by atoms with Crippen LogP contribution in [0, 0.1) is 0 Å². The van der Waals surface area contributed by atoms with Crippen LogP contribution < -0.4 is 4.84 Å². The van der Waals surface area contributed by atoms with Crippen molar-refractivity contribution in [3.63, 3.8) is 0 Å². The molecule has 0 aromatic heterocycles. The lowest BCUT2D eigenvalue weighted by molar-refractivity contribution is 0.0697. The molecule has 0 bridgehead atoms. The Morgan fingerprint density at radius 2 is 1.72 bits per heavy atom. The molecule has 0 unspecified atom stereocenters. The predicted octanol–water partition coefficient (Wildman–Crippen LogP) is 2.80. The Morgan fingerprint density at radius 3 is 2.33 bits per heavy atom. The summed E-state index contributed by atoms with van der Waals surface area (Å²) in [4.78, 5) is 15.8. The van der Waals surface area contributed by atoms with E-state index in [0.717, 1.165) is 5.56 Å². The zero-order valence-electron chi connectivity index (χ0n) is 9.48. The highest BCUT2D eigenvalue weighted by Gasteiger charge is 2.00. The number of benzene rings is 2. The summed E-state index contributed by atoms with van der Waals surface area (Å²) in [5.74, 6) is -0.296. The van der Waals surface area contributed by atoms with Crippen LogP contribution in [0.25, 0.3) is 0 Å². The van der Waals surface area contributed by atoms with Crippen LogP contribution in [0.2, 0.25) is 0 Å². The van der Waals surface area contributed by atoms with Gasteiger partial charge in [-0.3, -0.25) is 0 Å². The van der Waals surface area contributed by atoms with Gasteiger partial charge in [-0.15, -0.1) is 0 Å². The third kappa shape index (κ3) is 3.18. The highest BCUT2D eigenvalue weighted by Crippen LogP contribution is 2.08. The molecule has 2 aromatic carbocycles. The van der Waals surface area contributed by atoms with E-state index in [1.807, 2.05) is 18.2 Å². The van der Waals surface area contributed by atoms with Crippen molar-refractivity contribution in [2.45, 2.75) is 0 Å². The number of aromatic carboxylic acids is 1. The van der Waals surface area contributed by atoms with Gasteiger partial charge in [0.2, 0.25) is 0 Å². The van der Waals surface area contributed by atoms with Gasteiger partial charge < -0.3 is 9.94 Å². The van der Waals surface area contributed by atoms with Gasteiger partial charge in [0.1, 0.15) is 0 Å². The normalized spacial score (nSPS) is 10.4. The minimum Gasteiger partial charge on any atom is -0.478 e. The quantitative estimate of drug-likeness (QED) is 0.661. The van der Waals surface area contributed by atoms with Gasteiger partial charge in [0, 0.05) is 0 Å². The molecule has 0 atom stereocenters. The van der Waals surface area contributed by atoms with E-state index in [1.165, 1.54) is 18.3 Å². The molecule has 0 amide bonds. The predicted molar refractivity (Wildman–Crippen MR) is 68.1 cm³/mol. The van der Waals surface area contributed by atoms with Crippen LogP contribution >= 0.6 is 0 Å². The fourth-order valence-electron chi connectivity index (χ4n) is 1.34. The highest BCUT2D eigenvalue weighted by atomic mass is 16.6. The van der Waals surface area contributed by atoms with Gasteiger partial charge >= 0.3 is 5.97 Å². The topological polar surface area (TPSA) is 58.9 Å². The lowest BCUT2D eigenvalue weighted by atomic mass is 10.1. The van der Waals surface area contributed by atoms with E-state index in [0.29, 0.717) is 5.75 Å². The van der Waals surface area contributed by atoms with Crippen molar-refractivity contribution in [3.05, 3.63) is 65.7 Å². The van der Waals surface area contributed by atoms with Crippen LogP contribution in [-0.2, 0) is 0 Å². The Hall–Kier alpha value is -2.62. The first kappa shape index (κ1) is 11.9. The van der Waals surface area contributed by atoms with Crippen LogP contribution in [0.3, 0.4) is 0 Å². The zero-order valence-corrected chi connectivity index (χ0v) is 9.48. The molecule has 1 N–H and O–H groups in total. The number of rotatable bonds is 4. The molecule has 0 fully saturated rings. The van der Waals surface area contributed by atoms with E-state index in [-0.39, 0.29) is 5.56 Å². The molecule has 0 aliphatic carbocycles. The molecule has 0 aliphatic heterocycles. The minimum absolute atomic E-state index is 0.246. The largest absolute Gasteiger partial charge is 0.478 e. The Bertz CT molecular complexity index is 547. The van der Waals surface area contributed by atoms with Crippen molar-refractivity contribution < 1.29 is 14.7 Å². The molecule has 0 heterocycles. The number of hydrogen-bond donors (Lipinski definition) is 1. The summed E-state index contributed by atoms with van der Waals surface area (Å²) in [6, 6.07) is 15.6. The fourth-order valence-corrected chi connectivity index (χ4v) is 1.34. The number of nitrogens with zero attached hydrogens (tertiary/aromatic N) is 1. The molecular weight excluding hydrogens is 230 g/mol. The molecule has 4 nitrogen and oxygen atoms in total. The number of hydrogen-bond acceptors (Lipinski definition) is 3. The summed E-state index contributed by atoms with van der Waals surface area (Å²) in [6.07, 6.45) is 1.53. The minimum atomic E-state index is -0.945. The third-order valence-corrected chi connectivity index (χ3v) is 2.26. The van der Waals surface area contributed by atoms with Crippen molar-refractivity contribution in [2.75, 3.05) is 0 Å². The van der Waals surface area contributed by atoms with Gasteiger partial charge in [-0.05, 0) is 29.8 Å². The van der Waals surface area contributed by atoms with Crippen LogP contribution in [0.4, 0.5) is 0 Å². The van der Waals surface area contributed by atoms with Crippen LogP contribution in [-0.4, -0.2) is 17.3 Å². The van der Waals surface area contributed by atoms with Crippen LogP contribution in [0.5, 0.6) is 5.75 Å². The number of oxime groups is 1. The maximum Gasteiger partial charge on any atom is 0.335 e. The Labute approximate surface area is 104 Å². The summed E-state index contributed by atoms with van der Waals surface area (Å²) in [5.41, 5.74) is 1.02. The smallest absolute Gasteiger partial charge is 0.335 e. The molecule has 2 aromatic rings. The van der Waals surface area contributed by atoms with Gasteiger partial charge in [0.15, 0.2) is 5.75 Å². The van der Waals surface area contributed by atoms with Gasteiger partial charge in [0.05, 0.1) is 11.8 Å². The van der Waals surface area contributed by atoms with Crippen molar-refractivity contribution in [2.24, 2.45) is 5.16 Å². The van der Waals surface area contributed by atoms with Gasteiger partial charge in [-0.1, -0.05) is 35.5 Å². The Kier molecular flexibility index (Phi) is 3.71. The van der Waals surface area contributed by atoms with Gasteiger partial charge in [0.25, 0.3) is 0 Å². The second kappa shape index (κ2) is 5.63. The lowest BCUT2D eigenvalue weighted by Gasteiger charge is -1.97. The molecule has 0 spiro atoms. The van der Waals surface area contributed by atoms with Crippen molar-refractivity contribution in [1.29, 1.82) is 0 Å². The van der Waals surface area contributed by atoms with E-state index >= 15 is 0 Å². The highest BCUT2D eigenvalue weighted by molar-refractivity contribution is 5.89. The summed E-state index contributed by atoms with van der Waals surface area (Å²) in [5, 5.41) is 12.6. The molecule has 0 saturated heterocycles. The van der Waals surface area contributed by atoms with Crippen LogP contribution in [0.15, 0.2) is 59.8 Å². The van der Waals surface area contributed by atoms with E-state index in [4.69, 9.17) is 9.94 Å². The molecule has 0 saturated carbocycles. The molecular formula is C14H11NO3. The van der Waals surface area contributed by atoms with Crippen LogP contribution in [0.1, 0.15) is 15.9 Å². The number of carboxylic acid groups (broad SMARTS) is 1. The average molecular weight is 241 g/mol. The first-order chi connectivity index (χ1) is 8.75. The Balaban J connectivity index is 1.99. The number of para-hydroxylation sites is 1. The van der Waals surface area contributed by atoms with Crippen molar-refractivity contribution >= 4 is 12.2 Å². The summed E-state index contributed by atoms with van der Waals surface area (Å²) < 4.78 is 0.